The van der Waals surface area contributed by atoms with E-state index in [4.69, 9.17) is 16.3 Å². The number of nitrogens with zero attached hydrogens (tertiary/aromatic N) is 1. The number of hydrogen-bond acceptors (Lipinski definition) is 6. The summed E-state index contributed by atoms with van der Waals surface area (Å²) in [6, 6.07) is 17.9. The number of ether oxygens (including phenoxy) is 1. The average molecular weight is 574 g/mol. The van der Waals surface area contributed by atoms with Crippen LogP contribution in [-0.2, 0) is 21.6 Å². The molecular weight excluding hydrogens is 550 g/mol. The van der Waals surface area contributed by atoms with E-state index in [-0.39, 0.29) is 30.0 Å². The second-order valence-electron chi connectivity index (χ2n) is 10.1. The molecule has 4 aromatic rings. The van der Waals surface area contributed by atoms with Gasteiger partial charge in [-0.25, -0.2) is 4.79 Å². The molecular formula is C29H24ClN5O6. The fraction of sp³-hybridized carbons (Fsp3) is 0.207. The molecule has 2 aliphatic rings. The lowest BCUT2D eigenvalue weighted by Crippen LogP contribution is -2.50. The van der Waals surface area contributed by atoms with Gasteiger partial charge in [-0.3, -0.25) is 24.5 Å². The number of rotatable bonds is 5. The number of H-pyrrole nitrogens is 2. The van der Waals surface area contributed by atoms with Crippen LogP contribution in [0.1, 0.15) is 27.9 Å². The van der Waals surface area contributed by atoms with Gasteiger partial charge in [0, 0.05) is 35.5 Å². The van der Waals surface area contributed by atoms with Crippen LogP contribution in [0.2, 0.25) is 5.02 Å². The number of hydrogen-bond donors (Lipinski definition) is 4. The molecule has 2 aliphatic heterocycles. The van der Waals surface area contributed by atoms with Crippen molar-refractivity contribution >= 4 is 46.2 Å². The molecule has 0 unspecified atom stereocenters. The molecule has 0 bridgehead atoms. The maximum absolute atomic E-state index is 13.9. The third-order valence-electron chi connectivity index (χ3n) is 7.41. The molecule has 1 spiro atoms. The first-order valence-electron chi connectivity index (χ1n) is 12.9. The van der Waals surface area contributed by atoms with Crippen LogP contribution in [0.5, 0.6) is 0 Å². The second-order valence-corrected chi connectivity index (χ2v) is 10.5. The van der Waals surface area contributed by atoms with Crippen LogP contribution in [0.15, 0.2) is 76.3 Å². The number of halogens is 1. The molecule has 0 radical (unpaired) electrons. The first-order chi connectivity index (χ1) is 19.7. The molecule has 4 N–H and O–H groups in total. The number of fused-ring (bicyclic) bond motifs is 3. The summed E-state index contributed by atoms with van der Waals surface area (Å²) in [6.07, 6.45) is -0.0306. The normalized spacial score (nSPS) is 18.5. The fourth-order valence-electron chi connectivity index (χ4n) is 5.41. The van der Waals surface area contributed by atoms with Gasteiger partial charge in [-0.05, 0) is 42.0 Å². The summed E-state index contributed by atoms with van der Waals surface area (Å²) >= 11 is 6.25. The molecule has 2 atom stereocenters. The summed E-state index contributed by atoms with van der Waals surface area (Å²) in [5.41, 5.74) is 0.234. The highest BCUT2D eigenvalue weighted by molar-refractivity contribution is 6.30. The van der Waals surface area contributed by atoms with Gasteiger partial charge in [-0.15, -0.1) is 0 Å². The molecule has 3 amide bonds. The van der Waals surface area contributed by atoms with E-state index in [1.807, 2.05) is 30.3 Å². The average Bonchev–Trinajstić information content (AvgIpc) is 3.37. The molecule has 1 fully saturated rings. The summed E-state index contributed by atoms with van der Waals surface area (Å²) < 4.78 is 5.76. The van der Waals surface area contributed by atoms with Crippen molar-refractivity contribution in [1.82, 2.24) is 20.2 Å². The van der Waals surface area contributed by atoms with Crippen molar-refractivity contribution in [2.24, 2.45) is 0 Å². The molecule has 41 heavy (non-hydrogen) atoms. The maximum Gasteiger partial charge on any atom is 0.412 e. The summed E-state index contributed by atoms with van der Waals surface area (Å²) in [6.45, 7) is 0.391. The largest absolute Gasteiger partial charge is 0.436 e. The van der Waals surface area contributed by atoms with Gasteiger partial charge < -0.3 is 24.9 Å². The minimum absolute atomic E-state index is 0.0956. The Morgan fingerprint density at radius 3 is 2.51 bits per heavy atom. The van der Waals surface area contributed by atoms with Crippen LogP contribution in [-0.4, -0.2) is 51.9 Å². The number of likely N-dealkylation sites (tertiary alicyclic amines) is 1. The van der Waals surface area contributed by atoms with E-state index < -0.39 is 34.8 Å². The summed E-state index contributed by atoms with van der Waals surface area (Å²) in [7, 11) is 0. The van der Waals surface area contributed by atoms with E-state index in [2.05, 4.69) is 20.6 Å². The molecule has 3 aromatic carbocycles. The molecule has 0 aliphatic carbocycles. The van der Waals surface area contributed by atoms with Gasteiger partial charge in [0.1, 0.15) is 6.04 Å². The summed E-state index contributed by atoms with van der Waals surface area (Å²) in [5.74, 6) is -0.872. The first kappa shape index (κ1) is 26.3. The molecule has 208 valence electrons. The topological polar surface area (TPSA) is 153 Å². The number of carbonyl (C=O) groups is 3. The molecule has 12 heteroatoms. The van der Waals surface area contributed by atoms with Gasteiger partial charge in [-0.2, -0.15) is 0 Å². The Morgan fingerprint density at radius 2 is 1.73 bits per heavy atom. The zero-order valence-corrected chi connectivity index (χ0v) is 22.3. The van der Waals surface area contributed by atoms with Crippen LogP contribution in [0.4, 0.5) is 10.5 Å². The van der Waals surface area contributed by atoms with Gasteiger partial charge in [0.05, 0.1) is 23.3 Å². The lowest BCUT2D eigenvalue weighted by atomic mass is 9.90. The highest BCUT2D eigenvalue weighted by Gasteiger charge is 2.49. The fourth-order valence-corrected chi connectivity index (χ4v) is 5.58. The van der Waals surface area contributed by atoms with E-state index in [1.165, 1.54) is 18.2 Å². The Hall–Kier alpha value is -4.90. The molecule has 3 heterocycles. The number of nitrogens with one attached hydrogen (secondary N) is 4. The molecule has 1 saturated heterocycles. The Kier molecular flexibility index (Phi) is 6.58. The summed E-state index contributed by atoms with van der Waals surface area (Å²) in [5, 5.41) is 6.00. The van der Waals surface area contributed by atoms with Crippen molar-refractivity contribution in [3.8, 4) is 0 Å². The first-order valence-corrected chi connectivity index (χ1v) is 13.3. The summed E-state index contributed by atoms with van der Waals surface area (Å²) in [4.78, 5) is 69.6. The number of benzene rings is 3. The van der Waals surface area contributed by atoms with Gasteiger partial charge in [0.15, 0.2) is 5.60 Å². The van der Waals surface area contributed by atoms with Gasteiger partial charge in [-0.1, -0.05) is 41.9 Å². The number of carbonyl (C=O) groups excluding carboxylic acids is 3. The van der Waals surface area contributed by atoms with E-state index in [9.17, 15) is 24.0 Å². The predicted molar refractivity (Wildman–Crippen MR) is 151 cm³/mol. The number of aromatic nitrogens is 2. The highest BCUT2D eigenvalue weighted by atomic mass is 35.5. The van der Waals surface area contributed by atoms with Gasteiger partial charge >= 0.3 is 17.2 Å². The smallest absolute Gasteiger partial charge is 0.412 e. The van der Waals surface area contributed by atoms with Gasteiger partial charge in [0.2, 0.25) is 5.91 Å². The Bertz CT molecular complexity index is 1820. The van der Waals surface area contributed by atoms with Crippen molar-refractivity contribution in [3.05, 3.63) is 109 Å². The van der Waals surface area contributed by atoms with Crippen LogP contribution in [0.3, 0.4) is 0 Å². The standard InChI is InChI=1S/C29H24ClN5O6/c30-18-7-9-20-19(14-18)29(41-28(40)34-20)10-11-35(15-29)27(39)23(12-16-4-2-1-3-5-16)33-24(36)17-6-8-21-22(13-17)32-26(38)25(37)31-21/h1-9,13-14,23H,10-12,15H2,(H,31,37)(H,32,38)(H,33,36)(H,34,40)/t23-,29-/m0/s1. The minimum atomic E-state index is -1.07. The zero-order chi connectivity index (χ0) is 28.7. The Morgan fingerprint density at radius 1 is 0.976 bits per heavy atom. The third-order valence-corrected chi connectivity index (χ3v) is 7.65. The van der Waals surface area contributed by atoms with Crippen LogP contribution < -0.4 is 21.8 Å². The minimum Gasteiger partial charge on any atom is -0.436 e. The monoisotopic (exact) mass is 573 g/mol. The number of anilines is 1. The third kappa shape index (κ3) is 5.07. The highest BCUT2D eigenvalue weighted by Crippen LogP contribution is 2.43. The lowest BCUT2D eigenvalue weighted by Gasteiger charge is -2.35. The van der Waals surface area contributed by atoms with E-state index in [0.717, 1.165) is 5.56 Å². The number of amides is 3. The maximum atomic E-state index is 13.9. The molecule has 1 aromatic heterocycles. The molecule has 0 saturated carbocycles. The Labute approximate surface area is 237 Å². The quantitative estimate of drug-likeness (QED) is 0.269. The van der Waals surface area contributed by atoms with Crippen molar-refractivity contribution in [3.63, 3.8) is 0 Å². The number of aromatic amines is 2. The zero-order valence-electron chi connectivity index (χ0n) is 21.5. The lowest BCUT2D eigenvalue weighted by molar-refractivity contribution is -0.133. The van der Waals surface area contributed by atoms with Crippen molar-refractivity contribution in [2.45, 2.75) is 24.5 Å². The predicted octanol–water partition coefficient (Wildman–Crippen LogP) is 2.90. The van der Waals surface area contributed by atoms with Crippen molar-refractivity contribution in [1.29, 1.82) is 0 Å². The van der Waals surface area contributed by atoms with E-state index >= 15 is 0 Å². The van der Waals surface area contributed by atoms with Gasteiger partial charge in [0.25, 0.3) is 5.91 Å². The van der Waals surface area contributed by atoms with Crippen LogP contribution >= 0.6 is 11.6 Å². The molecule has 6 rings (SSSR count). The van der Waals surface area contributed by atoms with Crippen LogP contribution in [0.25, 0.3) is 11.0 Å². The van der Waals surface area contributed by atoms with Crippen molar-refractivity contribution in [2.75, 3.05) is 18.4 Å². The van der Waals surface area contributed by atoms with E-state index in [1.54, 1.807) is 23.1 Å². The van der Waals surface area contributed by atoms with Crippen molar-refractivity contribution < 1.29 is 19.1 Å². The second kappa shape index (κ2) is 10.3. The van der Waals surface area contributed by atoms with Crippen LogP contribution in [0, 0.1) is 0 Å². The molecule has 11 nitrogen and oxygen atoms in total. The Balaban J connectivity index is 1.28. The SMILES string of the molecule is O=C1Nc2ccc(Cl)cc2[C@@]2(CCN(C(=O)[C@H](Cc3ccccc3)NC(=O)c3ccc4[nH]c(=O)c(=O)[nH]c4c3)C2)O1. The van der Waals surface area contributed by atoms with E-state index in [0.29, 0.717) is 34.8 Å².